The molecule has 3 aromatic carbocycles. The van der Waals surface area contributed by atoms with Gasteiger partial charge in [-0.2, -0.15) is 0 Å². The molecular formula is C23H23ClN2O4S. The number of para-hydroxylation sites is 1. The number of carbonyl (C=O) groups excluding carboxylic acids is 1. The largest absolute Gasteiger partial charge is 0.488 e. The summed E-state index contributed by atoms with van der Waals surface area (Å²) in [7, 11) is -0.699. The molecule has 0 heterocycles. The number of amides is 1. The molecule has 0 saturated carbocycles. The highest BCUT2D eigenvalue weighted by Crippen LogP contribution is 2.25. The summed E-state index contributed by atoms with van der Waals surface area (Å²) in [5.41, 5.74) is 2.42. The van der Waals surface area contributed by atoms with Gasteiger partial charge in [-0.25, -0.2) is 12.7 Å². The predicted molar refractivity (Wildman–Crippen MR) is 122 cm³/mol. The van der Waals surface area contributed by atoms with Gasteiger partial charge in [-0.3, -0.25) is 4.79 Å². The molecule has 0 saturated heterocycles. The standard InChI is InChI=1S/C23H23ClN2O4S/c1-16-8-13-19(31(28,29)26(2)3)14-21(16)25-23(27)20-6-4-5-7-22(20)30-15-17-9-11-18(24)12-10-17/h4-14H,15H2,1-3H3,(H,25,27). The first kappa shape index (κ1) is 22.8. The van der Waals surface area contributed by atoms with Gasteiger partial charge in [-0.1, -0.05) is 41.9 Å². The number of halogens is 1. The summed E-state index contributed by atoms with van der Waals surface area (Å²) < 4.78 is 31.8. The zero-order valence-corrected chi connectivity index (χ0v) is 19.0. The fourth-order valence-corrected chi connectivity index (χ4v) is 3.87. The fraction of sp³-hybridized carbons (Fsp3) is 0.174. The number of benzene rings is 3. The van der Waals surface area contributed by atoms with Crippen LogP contribution in [0.2, 0.25) is 5.02 Å². The molecule has 1 amide bonds. The third kappa shape index (κ3) is 5.44. The van der Waals surface area contributed by atoms with Crippen LogP contribution in [0, 0.1) is 6.92 Å². The zero-order valence-electron chi connectivity index (χ0n) is 17.4. The summed E-state index contributed by atoms with van der Waals surface area (Å²) in [5, 5.41) is 3.44. The van der Waals surface area contributed by atoms with Crippen molar-refractivity contribution in [3.63, 3.8) is 0 Å². The van der Waals surface area contributed by atoms with Crippen molar-refractivity contribution in [1.82, 2.24) is 4.31 Å². The third-order valence-electron chi connectivity index (χ3n) is 4.68. The monoisotopic (exact) mass is 458 g/mol. The molecule has 0 unspecified atom stereocenters. The Labute approximate surface area is 187 Å². The molecule has 0 fully saturated rings. The number of ether oxygens (including phenoxy) is 1. The Hall–Kier alpha value is -2.87. The van der Waals surface area contributed by atoms with Gasteiger partial charge in [-0.05, 0) is 54.4 Å². The Morgan fingerprint density at radius 2 is 1.71 bits per heavy atom. The highest BCUT2D eigenvalue weighted by atomic mass is 35.5. The van der Waals surface area contributed by atoms with E-state index in [9.17, 15) is 13.2 Å². The summed E-state index contributed by atoms with van der Waals surface area (Å²) in [6.07, 6.45) is 0. The van der Waals surface area contributed by atoms with Gasteiger partial charge in [0, 0.05) is 24.8 Å². The topological polar surface area (TPSA) is 75.7 Å². The number of rotatable bonds is 7. The molecule has 0 aliphatic carbocycles. The van der Waals surface area contributed by atoms with Crippen molar-refractivity contribution in [2.24, 2.45) is 0 Å². The lowest BCUT2D eigenvalue weighted by Crippen LogP contribution is -2.22. The Kier molecular flexibility index (Phi) is 7.00. The van der Waals surface area contributed by atoms with Gasteiger partial charge in [0.05, 0.1) is 10.5 Å². The summed E-state index contributed by atoms with van der Waals surface area (Å²) in [5.74, 6) is 0.0267. The van der Waals surface area contributed by atoms with E-state index in [-0.39, 0.29) is 11.5 Å². The molecule has 3 rings (SSSR count). The Morgan fingerprint density at radius 1 is 1.03 bits per heavy atom. The van der Waals surface area contributed by atoms with Crippen LogP contribution in [0.4, 0.5) is 5.69 Å². The number of nitrogens with one attached hydrogen (secondary N) is 1. The van der Waals surface area contributed by atoms with Crippen LogP contribution >= 0.6 is 11.6 Å². The minimum Gasteiger partial charge on any atom is -0.488 e. The first-order chi connectivity index (χ1) is 14.7. The third-order valence-corrected chi connectivity index (χ3v) is 6.74. The molecule has 0 aromatic heterocycles. The average molecular weight is 459 g/mol. The maximum Gasteiger partial charge on any atom is 0.259 e. The fourth-order valence-electron chi connectivity index (χ4n) is 2.82. The molecule has 1 N–H and O–H groups in total. The summed E-state index contributed by atoms with van der Waals surface area (Å²) in [4.78, 5) is 13.1. The van der Waals surface area contributed by atoms with Gasteiger partial charge in [-0.15, -0.1) is 0 Å². The van der Waals surface area contributed by atoms with E-state index < -0.39 is 15.9 Å². The Morgan fingerprint density at radius 3 is 2.39 bits per heavy atom. The smallest absolute Gasteiger partial charge is 0.259 e. The van der Waals surface area contributed by atoms with Gasteiger partial charge in [0.1, 0.15) is 12.4 Å². The van der Waals surface area contributed by atoms with Crippen LogP contribution in [0.3, 0.4) is 0 Å². The molecule has 0 aliphatic rings. The molecular weight excluding hydrogens is 436 g/mol. The normalized spacial score (nSPS) is 11.4. The molecule has 162 valence electrons. The van der Waals surface area contributed by atoms with Crippen molar-refractivity contribution in [3.8, 4) is 5.75 Å². The van der Waals surface area contributed by atoms with E-state index >= 15 is 0 Å². The van der Waals surface area contributed by atoms with Gasteiger partial charge in [0.2, 0.25) is 10.0 Å². The molecule has 0 spiro atoms. The van der Waals surface area contributed by atoms with E-state index in [0.29, 0.717) is 22.0 Å². The average Bonchev–Trinajstić information content (AvgIpc) is 2.74. The van der Waals surface area contributed by atoms with Crippen molar-refractivity contribution in [3.05, 3.63) is 88.4 Å². The van der Waals surface area contributed by atoms with Crippen LogP contribution in [-0.2, 0) is 16.6 Å². The molecule has 0 atom stereocenters. The van der Waals surface area contributed by atoms with Crippen molar-refractivity contribution in [1.29, 1.82) is 0 Å². The Bertz CT molecular complexity index is 1190. The summed E-state index contributed by atoms with van der Waals surface area (Å²) in [6.45, 7) is 2.07. The van der Waals surface area contributed by atoms with Gasteiger partial charge in [0.25, 0.3) is 5.91 Å². The van der Waals surface area contributed by atoms with E-state index in [1.807, 2.05) is 12.1 Å². The summed E-state index contributed by atoms with van der Waals surface area (Å²) >= 11 is 5.91. The minimum atomic E-state index is -3.62. The second-order valence-corrected chi connectivity index (χ2v) is 9.72. The quantitative estimate of drug-likeness (QED) is 0.555. The highest BCUT2D eigenvalue weighted by molar-refractivity contribution is 7.89. The zero-order chi connectivity index (χ0) is 22.6. The van der Waals surface area contributed by atoms with Crippen LogP contribution in [0.5, 0.6) is 5.75 Å². The predicted octanol–water partition coefficient (Wildman–Crippen LogP) is 4.73. The summed E-state index contributed by atoms with van der Waals surface area (Å²) in [6, 6.07) is 18.8. The first-order valence-electron chi connectivity index (χ1n) is 9.49. The lowest BCUT2D eigenvalue weighted by Gasteiger charge is -2.15. The van der Waals surface area contributed by atoms with E-state index in [1.165, 1.54) is 26.2 Å². The van der Waals surface area contributed by atoms with Gasteiger partial charge < -0.3 is 10.1 Å². The molecule has 3 aromatic rings. The number of hydrogen-bond acceptors (Lipinski definition) is 4. The molecule has 6 nitrogen and oxygen atoms in total. The van der Waals surface area contributed by atoms with Crippen molar-refractivity contribution < 1.29 is 17.9 Å². The number of aryl methyl sites for hydroxylation is 1. The maximum absolute atomic E-state index is 13.0. The Balaban J connectivity index is 1.82. The number of carbonyl (C=O) groups is 1. The lowest BCUT2D eigenvalue weighted by molar-refractivity contribution is 0.102. The van der Waals surface area contributed by atoms with Crippen molar-refractivity contribution >= 4 is 33.2 Å². The second-order valence-electron chi connectivity index (χ2n) is 7.13. The van der Waals surface area contributed by atoms with Crippen molar-refractivity contribution in [2.45, 2.75) is 18.4 Å². The van der Waals surface area contributed by atoms with Crippen LogP contribution in [0.1, 0.15) is 21.5 Å². The molecule has 0 bridgehead atoms. The highest BCUT2D eigenvalue weighted by Gasteiger charge is 2.20. The van der Waals surface area contributed by atoms with E-state index in [0.717, 1.165) is 15.4 Å². The van der Waals surface area contributed by atoms with Gasteiger partial charge in [0.15, 0.2) is 0 Å². The number of nitrogens with zero attached hydrogens (tertiary/aromatic N) is 1. The number of sulfonamides is 1. The minimum absolute atomic E-state index is 0.102. The van der Waals surface area contributed by atoms with E-state index in [1.54, 1.807) is 49.4 Å². The molecule has 31 heavy (non-hydrogen) atoms. The maximum atomic E-state index is 13.0. The first-order valence-corrected chi connectivity index (χ1v) is 11.3. The van der Waals surface area contributed by atoms with Gasteiger partial charge >= 0.3 is 0 Å². The molecule has 8 heteroatoms. The van der Waals surface area contributed by atoms with Crippen LogP contribution in [-0.4, -0.2) is 32.7 Å². The van der Waals surface area contributed by atoms with E-state index in [4.69, 9.17) is 16.3 Å². The van der Waals surface area contributed by atoms with Crippen LogP contribution in [0.25, 0.3) is 0 Å². The molecule has 0 radical (unpaired) electrons. The van der Waals surface area contributed by atoms with Crippen molar-refractivity contribution in [2.75, 3.05) is 19.4 Å². The lowest BCUT2D eigenvalue weighted by atomic mass is 10.1. The SMILES string of the molecule is Cc1ccc(S(=O)(=O)N(C)C)cc1NC(=O)c1ccccc1OCc1ccc(Cl)cc1. The second kappa shape index (κ2) is 9.51. The number of hydrogen-bond donors (Lipinski definition) is 1. The van der Waals surface area contributed by atoms with Crippen LogP contribution in [0.15, 0.2) is 71.6 Å². The molecule has 0 aliphatic heterocycles. The van der Waals surface area contributed by atoms with E-state index in [2.05, 4.69) is 5.32 Å². The van der Waals surface area contributed by atoms with Crippen LogP contribution < -0.4 is 10.1 Å². The number of anilines is 1.